The molecule has 14 N–H and O–H groups in total. The van der Waals surface area contributed by atoms with Gasteiger partial charge < -0.3 is 78.9 Å². The molecule has 0 spiro atoms. The first kappa shape index (κ1) is 55.1. The molecule has 9 atom stereocenters. The Morgan fingerprint density at radius 1 is 0.556 bits per heavy atom. The van der Waals surface area contributed by atoms with Crippen LogP contribution in [0.3, 0.4) is 0 Å². The van der Waals surface area contributed by atoms with E-state index < -0.39 is 145 Å². The maximum atomic E-state index is 14.0. The third-order valence-electron chi connectivity index (χ3n) is 9.96. The van der Waals surface area contributed by atoms with Crippen molar-refractivity contribution in [2.24, 2.45) is 23.5 Å². The number of carboxylic acid groups (broad SMARTS) is 2. The smallest absolute Gasteiger partial charge is 0.245 e. The van der Waals surface area contributed by atoms with Crippen LogP contribution >= 0.6 is 0 Å². The molecule has 1 aliphatic heterocycles. The maximum Gasteiger partial charge on any atom is 0.245 e. The van der Waals surface area contributed by atoms with E-state index in [0.29, 0.717) is 19.4 Å². The zero-order chi connectivity index (χ0) is 48.1. The SMILES string of the molecule is CC[C@H](C)[C@@H]1NC(=O)[C@H](CCCC[NH3+])NC(=O)[C@H](CC(C)C)NC(=O)[C@H](CO)NC(=O)[C@H](CC(=O)[O-])NC(=O)[C@H](CC(C)C)NC(=O)[C@H](CC(N)=O)NC(=O)[C@H](CC(=O)[O-])NC1=O. The number of aliphatic carboxylic acids is 2. The van der Waals surface area contributed by atoms with E-state index in [4.69, 9.17) is 5.73 Å². The number of amides is 9. The lowest BCUT2D eigenvalue weighted by Crippen LogP contribution is -2.63. The molecular weight excluding hydrogens is 832 g/mol. The number of quaternary nitrogens is 1. The normalized spacial score (nSPS) is 25.8. The van der Waals surface area contributed by atoms with Crippen molar-refractivity contribution in [3.8, 4) is 0 Å². The van der Waals surface area contributed by atoms with Crippen molar-refractivity contribution in [2.75, 3.05) is 13.2 Å². The molecule has 0 saturated carbocycles. The van der Waals surface area contributed by atoms with Crippen LogP contribution in [0.25, 0.3) is 0 Å². The highest BCUT2D eigenvalue weighted by Gasteiger charge is 2.37. The number of aliphatic hydroxyl groups is 1. The zero-order valence-corrected chi connectivity index (χ0v) is 36.7. The van der Waals surface area contributed by atoms with Crippen molar-refractivity contribution >= 4 is 65.1 Å². The number of hydrogen-bond donors (Lipinski definition) is 11. The first-order valence-electron chi connectivity index (χ1n) is 20.9. The van der Waals surface area contributed by atoms with Gasteiger partial charge in [0.25, 0.3) is 0 Å². The lowest BCUT2D eigenvalue weighted by Gasteiger charge is -2.30. The number of carbonyl (C=O) groups is 11. The van der Waals surface area contributed by atoms with Crippen LogP contribution in [0.15, 0.2) is 0 Å². The van der Waals surface area contributed by atoms with Crippen LogP contribution in [0, 0.1) is 17.8 Å². The number of aliphatic hydroxyl groups excluding tert-OH is 1. The molecule has 24 heteroatoms. The fourth-order valence-corrected chi connectivity index (χ4v) is 6.41. The summed E-state index contributed by atoms with van der Waals surface area (Å²) in [7, 11) is 0. The van der Waals surface area contributed by atoms with Gasteiger partial charge in [-0.1, -0.05) is 48.0 Å². The number of rotatable bonds is 17. The van der Waals surface area contributed by atoms with E-state index in [1.54, 1.807) is 41.5 Å². The van der Waals surface area contributed by atoms with Gasteiger partial charge >= 0.3 is 0 Å². The second-order valence-electron chi connectivity index (χ2n) is 16.4. The van der Waals surface area contributed by atoms with Crippen LogP contribution in [-0.2, 0) is 52.7 Å². The number of hydrogen-bond acceptors (Lipinski definition) is 14. The molecule has 0 aromatic heterocycles. The van der Waals surface area contributed by atoms with Crippen molar-refractivity contribution in [3.63, 3.8) is 0 Å². The van der Waals surface area contributed by atoms with Gasteiger partial charge in [-0.25, -0.2) is 0 Å². The Hall–Kier alpha value is -5.91. The van der Waals surface area contributed by atoms with Crippen LogP contribution in [0.4, 0.5) is 0 Å². The van der Waals surface area contributed by atoms with E-state index in [-0.39, 0.29) is 37.5 Å². The molecule has 0 bridgehead atoms. The minimum atomic E-state index is -1.98. The molecule has 9 amide bonds. The van der Waals surface area contributed by atoms with Crippen LogP contribution in [0.5, 0.6) is 0 Å². The average molecular weight is 898 g/mol. The van der Waals surface area contributed by atoms with Crippen molar-refractivity contribution in [2.45, 2.75) is 148 Å². The molecule has 356 valence electrons. The molecule has 0 aromatic rings. The van der Waals surface area contributed by atoms with Crippen molar-refractivity contribution < 1.29 is 73.8 Å². The molecule has 0 aliphatic carbocycles. The predicted octanol–water partition coefficient (Wildman–Crippen LogP) is -7.42. The molecule has 0 unspecified atom stereocenters. The summed E-state index contributed by atoms with van der Waals surface area (Å²) in [6.07, 6.45) is -2.29. The molecule has 1 aliphatic rings. The molecule has 63 heavy (non-hydrogen) atoms. The number of primary amides is 1. The van der Waals surface area contributed by atoms with Gasteiger partial charge in [-0.05, 0) is 49.9 Å². The van der Waals surface area contributed by atoms with Gasteiger partial charge in [0.1, 0.15) is 48.3 Å². The molecule has 0 radical (unpaired) electrons. The third-order valence-corrected chi connectivity index (χ3v) is 9.96. The molecule has 0 aromatic carbocycles. The van der Waals surface area contributed by atoms with E-state index in [1.165, 1.54) is 0 Å². The maximum absolute atomic E-state index is 14.0. The van der Waals surface area contributed by atoms with Gasteiger partial charge in [-0.2, -0.15) is 0 Å². The second kappa shape index (κ2) is 27.2. The van der Waals surface area contributed by atoms with E-state index in [9.17, 15) is 68.1 Å². The minimum Gasteiger partial charge on any atom is -0.550 e. The standard InChI is InChI=1S/C39H66N10O14/c1-7-20(6)31-39(63)47-26(16-30(54)55)36(60)45-24(14-28(41)51)35(59)43-23(13-19(4)5)34(58)46-25(15-29(52)53)37(61)48-27(17-50)38(62)44-22(12-18(2)3)33(57)42-21(32(56)49-31)10-8-9-11-40/h18-27,31,50H,7-17,40H2,1-6H3,(H2,41,51)(H,42,57)(H,43,59)(H,44,62)(H,45,60)(H,46,58)(H,47,63)(H,48,61)(H,49,56)(H,52,53)(H,54,55)/p-1/t20-,21-,22-,23-,24-,25-,26-,27-,31-/m0/s1. The first-order valence-corrected chi connectivity index (χ1v) is 20.9. The van der Waals surface area contributed by atoms with E-state index in [2.05, 4.69) is 48.3 Å². The monoisotopic (exact) mass is 897 g/mol. The van der Waals surface area contributed by atoms with Crippen LogP contribution in [-0.4, -0.2) is 132 Å². The fraction of sp³-hybridized carbons (Fsp3) is 0.718. The van der Waals surface area contributed by atoms with Crippen LogP contribution in [0.2, 0.25) is 0 Å². The Morgan fingerprint density at radius 2 is 0.905 bits per heavy atom. The van der Waals surface area contributed by atoms with Crippen molar-refractivity contribution in [1.82, 2.24) is 42.5 Å². The summed E-state index contributed by atoms with van der Waals surface area (Å²) in [5, 5.41) is 52.4. The number of nitrogens with two attached hydrogens (primary N) is 1. The molecule has 1 saturated heterocycles. The van der Waals surface area contributed by atoms with Gasteiger partial charge in [0, 0.05) is 24.8 Å². The third kappa shape index (κ3) is 19.8. The summed E-state index contributed by atoms with van der Waals surface area (Å²) in [6.45, 7) is 9.35. The molecule has 1 heterocycles. The summed E-state index contributed by atoms with van der Waals surface area (Å²) in [5.74, 6) is -15.0. The van der Waals surface area contributed by atoms with E-state index in [0.717, 1.165) is 0 Å². The summed E-state index contributed by atoms with van der Waals surface area (Å²) >= 11 is 0. The Morgan fingerprint density at radius 3 is 1.29 bits per heavy atom. The van der Waals surface area contributed by atoms with Crippen LogP contribution in [0.1, 0.15) is 99.3 Å². The lowest BCUT2D eigenvalue weighted by molar-refractivity contribution is -0.368. The van der Waals surface area contributed by atoms with Crippen molar-refractivity contribution in [1.29, 1.82) is 0 Å². The largest absolute Gasteiger partial charge is 0.550 e. The summed E-state index contributed by atoms with van der Waals surface area (Å²) in [6, 6.07) is -13.4. The number of carbonyl (C=O) groups excluding carboxylic acids is 11. The fourth-order valence-electron chi connectivity index (χ4n) is 6.41. The lowest BCUT2D eigenvalue weighted by atomic mass is 9.96. The Kier molecular flexibility index (Phi) is 23.8. The number of carboxylic acids is 2. The van der Waals surface area contributed by atoms with Gasteiger partial charge in [0.2, 0.25) is 53.2 Å². The first-order chi connectivity index (χ1) is 29.4. The highest BCUT2D eigenvalue weighted by atomic mass is 16.4. The van der Waals surface area contributed by atoms with Gasteiger partial charge in [0.15, 0.2) is 0 Å². The zero-order valence-electron chi connectivity index (χ0n) is 36.7. The van der Waals surface area contributed by atoms with E-state index >= 15 is 0 Å². The Bertz CT molecular complexity index is 1660. The molecular formula is C39H65N10O14-. The summed E-state index contributed by atoms with van der Waals surface area (Å²) in [5.41, 5.74) is 9.13. The second-order valence-corrected chi connectivity index (χ2v) is 16.4. The number of nitrogens with one attached hydrogen (secondary N) is 8. The average Bonchev–Trinajstić information content (AvgIpc) is 3.18. The van der Waals surface area contributed by atoms with Gasteiger partial charge in [-0.15, -0.1) is 0 Å². The van der Waals surface area contributed by atoms with Crippen molar-refractivity contribution in [3.05, 3.63) is 0 Å². The highest BCUT2D eigenvalue weighted by molar-refractivity contribution is 6.00. The van der Waals surface area contributed by atoms with E-state index in [1.807, 2.05) is 0 Å². The molecule has 1 fully saturated rings. The molecule has 1 rings (SSSR count). The topological polar surface area (TPSA) is 404 Å². The van der Waals surface area contributed by atoms with Crippen LogP contribution < -0.4 is 64.2 Å². The van der Waals surface area contributed by atoms with Gasteiger partial charge in [0.05, 0.1) is 19.6 Å². The minimum absolute atomic E-state index is 0.0161. The summed E-state index contributed by atoms with van der Waals surface area (Å²) < 4.78 is 0. The summed E-state index contributed by atoms with van der Waals surface area (Å²) in [4.78, 5) is 145. The number of unbranched alkanes of at least 4 members (excludes halogenated alkanes) is 1. The predicted molar refractivity (Wildman–Crippen MR) is 216 cm³/mol. The quantitative estimate of drug-likeness (QED) is 0.0605. The Balaban J connectivity index is 4.01. The molecule has 24 nitrogen and oxygen atoms in total. The van der Waals surface area contributed by atoms with Gasteiger partial charge in [-0.3, -0.25) is 43.2 Å². The Labute approximate surface area is 365 Å². The highest BCUT2D eigenvalue weighted by Crippen LogP contribution is 2.13.